The van der Waals surface area contributed by atoms with Gasteiger partial charge in [-0.15, -0.1) is 0 Å². The Morgan fingerprint density at radius 3 is 2.34 bits per heavy atom. The second-order valence-electron chi connectivity index (χ2n) is 8.79. The minimum absolute atomic E-state index is 0.104. The highest BCUT2D eigenvalue weighted by molar-refractivity contribution is 6.25. The van der Waals surface area contributed by atoms with E-state index in [-0.39, 0.29) is 11.3 Å². The number of carbonyl (C=O) groups is 3. The zero-order chi connectivity index (χ0) is 23.9. The number of primary amides is 1. The van der Waals surface area contributed by atoms with Crippen molar-refractivity contribution in [2.75, 3.05) is 14.1 Å². The number of aliphatic hydroxyl groups is 4. The maximum absolute atomic E-state index is 13.3. The number of rotatable bonds is 2. The molecule has 1 aromatic rings. The van der Waals surface area contributed by atoms with E-state index in [1.54, 1.807) is 19.1 Å². The van der Waals surface area contributed by atoms with Gasteiger partial charge in [0.2, 0.25) is 5.78 Å². The molecule has 1 aromatic carbocycles. The zero-order valence-electron chi connectivity index (χ0n) is 17.6. The van der Waals surface area contributed by atoms with Gasteiger partial charge < -0.3 is 31.3 Å². The highest BCUT2D eigenvalue weighted by atomic mass is 16.4. The first kappa shape index (κ1) is 22.0. The van der Waals surface area contributed by atoms with Crippen molar-refractivity contribution in [2.45, 2.75) is 30.6 Å². The number of ketones is 2. The Balaban J connectivity index is 2.06. The van der Waals surface area contributed by atoms with E-state index in [0.29, 0.717) is 5.56 Å². The van der Waals surface area contributed by atoms with Crippen LogP contribution in [-0.4, -0.2) is 79.7 Å². The summed E-state index contributed by atoms with van der Waals surface area (Å²) in [7, 11) is 2.98. The second-order valence-corrected chi connectivity index (χ2v) is 8.79. The number of amides is 1. The van der Waals surface area contributed by atoms with Crippen LogP contribution in [0, 0.1) is 11.8 Å². The quantitative estimate of drug-likeness (QED) is 0.332. The van der Waals surface area contributed by atoms with Gasteiger partial charge >= 0.3 is 0 Å². The number of likely N-dealkylation sites (N-methyl/N-ethyl adjacent to an activating group) is 1. The van der Waals surface area contributed by atoms with E-state index in [9.17, 15) is 39.9 Å². The Labute approximate surface area is 182 Å². The molecular formula is C22H24N2O8. The van der Waals surface area contributed by atoms with Gasteiger partial charge in [-0.1, -0.05) is 19.1 Å². The topological polar surface area (TPSA) is 182 Å². The first-order chi connectivity index (χ1) is 14.9. The average molecular weight is 444 g/mol. The molecule has 3 aliphatic rings. The van der Waals surface area contributed by atoms with Crippen LogP contribution in [-0.2, 0) is 9.59 Å². The summed E-state index contributed by atoms with van der Waals surface area (Å²) in [6, 6.07) is 3.17. The number of nitrogens with zero attached hydrogens (tertiary/aromatic N) is 1. The summed E-state index contributed by atoms with van der Waals surface area (Å²) in [6.45, 7) is 1.68. The van der Waals surface area contributed by atoms with E-state index >= 15 is 0 Å². The number of aromatic hydroxyl groups is 1. The molecule has 4 unspecified atom stereocenters. The maximum Gasteiger partial charge on any atom is 0.255 e. The molecule has 10 heteroatoms. The largest absolute Gasteiger partial charge is 0.510 e. The van der Waals surface area contributed by atoms with Crippen molar-refractivity contribution < 1.29 is 39.9 Å². The minimum atomic E-state index is -2.89. The number of phenols is 1. The number of carbonyl (C=O) groups excluding carboxylic acids is 3. The standard InChI is InChI=1S/C22H24N2O8/c1-7-8-5-4-6-9(25)11(8)16(26)12-10(7)17(27)14-15(24(2)3)18(28)13(21(23)31)20(30)22(14,32)19(12)29/h4-7,10,14-15,17,25,27-29,32H,1-3H3,(H2,23,31)/t7-,10?,14?,15?,17-,22?/m0/s1. The maximum atomic E-state index is 13.3. The first-order valence-electron chi connectivity index (χ1n) is 10.0. The third-order valence-electron chi connectivity index (χ3n) is 7.00. The van der Waals surface area contributed by atoms with Gasteiger partial charge in [-0.2, -0.15) is 0 Å². The van der Waals surface area contributed by atoms with Crippen molar-refractivity contribution in [3.63, 3.8) is 0 Å². The van der Waals surface area contributed by atoms with Gasteiger partial charge in [-0.05, 0) is 31.6 Å². The third-order valence-corrected chi connectivity index (χ3v) is 7.00. The van der Waals surface area contributed by atoms with Gasteiger partial charge in [0.15, 0.2) is 11.4 Å². The third kappa shape index (κ3) is 2.48. The van der Waals surface area contributed by atoms with Crippen LogP contribution in [0.1, 0.15) is 28.8 Å². The van der Waals surface area contributed by atoms with Crippen molar-refractivity contribution in [1.82, 2.24) is 4.90 Å². The number of hydrogen-bond acceptors (Lipinski definition) is 9. The van der Waals surface area contributed by atoms with Crippen molar-refractivity contribution >= 4 is 17.5 Å². The van der Waals surface area contributed by atoms with Gasteiger partial charge in [0.05, 0.1) is 23.6 Å². The second kappa shape index (κ2) is 6.89. The predicted octanol–water partition coefficient (Wildman–Crippen LogP) is -0.348. The van der Waals surface area contributed by atoms with E-state index < -0.39 is 75.6 Å². The molecule has 0 aromatic heterocycles. The van der Waals surface area contributed by atoms with Gasteiger partial charge in [-0.25, -0.2) is 0 Å². The Kier molecular flexibility index (Phi) is 4.74. The van der Waals surface area contributed by atoms with Crippen molar-refractivity contribution in [3.05, 3.63) is 52.0 Å². The number of nitrogens with two attached hydrogens (primary N) is 1. The lowest BCUT2D eigenvalue weighted by Crippen LogP contribution is -2.68. The molecule has 0 heterocycles. The summed E-state index contributed by atoms with van der Waals surface area (Å²) in [5.41, 5.74) is 1.36. The Hall–Kier alpha value is -3.21. The number of phenolic OH excluding ortho intramolecular Hbond substituents is 1. The van der Waals surface area contributed by atoms with Crippen molar-refractivity contribution in [2.24, 2.45) is 17.6 Å². The molecule has 10 nitrogen and oxygen atoms in total. The lowest BCUT2D eigenvalue weighted by Gasteiger charge is -2.53. The van der Waals surface area contributed by atoms with Crippen LogP contribution in [0.5, 0.6) is 5.75 Å². The van der Waals surface area contributed by atoms with Crippen LogP contribution in [0.25, 0.3) is 0 Å². The Morgan fingerprint density at radius 2 is 1.78 bits per heavy atom. The van der Waals surface area contributed by atoms with Gasteiger partial charge in [0.1, 0.15) is 22.8 Å². The minimum Gasteiger partial charge on any atom is -0.510 e. The van der Waals surface area contributed by atoms with E-state index in [0.717, 1.165) is 0 Å². The molecule has 0 radical (unpaired) electrons. The van der Waals surface area contributed by atoms with E-state index in [1.165, 1.54) is 25.1 Å². The highest BCUT2D eigenvalue weighted by Gasteiger charge is 2.67. The first-order valence-corrected chi connectivity index (χ1v) is 10.0. The molecule has 0 saturated carbocycles. The molecule has 7 N–H and O–H groups in total. The molecule has 3 aliphatic carbocycles. The summed E-state index contributed by atoms with van der Waals surface area (Å²) < 4.78 is 0. The number of fused-ring (bicyclic) bond motifs is 3. The highest BCUT2D eigenvalue weighted by Crippen LogP contribution is 2.55. The molecule has 0 aliphatic heterocycles. The predicted molar refractivity (Wildman–Crippen MR) is 110 cm³/mol. The molecule has 0 spiro atoms. The zero-order valence-corrected chi connectivity index (χ0v) is 17.6. The fourth-order valence-corrected chi connectivity index (χ4v) is 5.58. The lowest BCUT2D eigenvalue weighted by atomic mass is 9.55. The van der Waals surface area contributed by atoms with Crippen LogP contribution in [0.2, 0.25) is 0 Å². The van der Waals surface area contributed by atoms with E-state index in [2.05, 4.69) is 0 Å². The number of Topliss-reactive ketones (excluding diaryl/α,β-unsaturated/α-hetero) is 2. The Morgan fingerprint density at radius 1 is 1.16 bits per heavy atom. The molecule has 1 amide bonds. The number of hydrogen-bond donors (Lipinski definition) is 6. The Bertz CT molecular complexity index is 1140. The van der Waals surface area contributed by atoms with Crippen LogP contribution < -0.4 is 5.73 Å². The summed E-state index contributed by atoms with van der Waals surface area (Å²) in [6.07, 6.45) is -1.59. The van der Waals surface area contributed by atoms with E-state index in [1.807, 2.05) is 0 Å². The summed E-state index contributed by atoms with van der Waals surface area (Å²) in [5.74, 6) is -8.86. The van der Waals surface area contributed by atoms with Crippen LogP contribution in [0.3, 0.4) is 0 Å². The molecule has 4 rings (SSSR count). The summed E-state index contributed by atoms with van der Waals surface area (Å²) >= 11 is 0. The van der Waals surface area contributed by atoms with Gasteiger partial charge in [0.25, 0.3) is 5.91 Å². The molecule has 0 saturated heterocycles. The lowest BCUT2D eigenvalue weighted by molar-refractivity contribution is -0.162. The summed E-state index contributed by atoms with van der Waals surface area (Å²) in [5, 5.41) is 55.0. The van der Waals surface area contributed by atoms with Crippen LogP contribution >= 0.6 is 0 Å². The SMILES string of the molecule is C[C@H]1c2cccc(O)c2C(=O)C2=C(O)C3(O)C(=O)C(C(N)=O)=C(O)C(N(C)C)C3[C@@H](O)C21. The fourth-order valence-electron chi connectivity index (χ4n) is 5.58. The molecule has 6 atom stereocenters. The molecular weight excluding hydrogens is 420 g/mol. The normalized spacial score (nSPS) is 34.4. The van der Waals surface area contributed by atoms with Crippen molar-refractivity contribution in [3.8, 4) is 5.75 Å². The van der Waals surface area contributed by atoms with E-state index in [4.69, 9.17) is 5.73 Å². The smallest absolute Gasteiger partial charge is 0.255 e. The fraction of sp³-hybridized carbons (Fsp3) is 0.409. The molecule has 170 valence electrons. The molecule has 0 fully saturated rings. The number of aliphatic hydroxyl groups excluding tert-OH is 3. The van der Waals surface area contributed by atoms with Crippen LogP contribution in [0.4, 0.5) is 0 Å². The number of benzene rings is 1. The molecule has 0 bridgehead atoms. The van der Waals surface area contributed by atoms with Gasteiger partial charge in [-0.3, -0.25) is 19.3 Å². The van der Waals surface area contributed by atoms with Crippen LogP contribution in [0.15, 0.2) is 40.9 Å². The van der Waals surface area contributed by atoms with Gasteiger partial charge in [0, 0.05) is 11.5 Å². The van der Waals surface area contributed by atoms with Crippen molar-refractivity contribution in [1.29, 1.82) is 0 Å². The molecule has 32 heavy (non-hydrogen) atoms. The monoisotopic (exact) mass is 444 g/mol. The summed E-state index contributed by atoms with van der Waals surface area (Å²) in [4.78, 5) is 39.8. The average Bonchev–Trinajstić information content (AvgIpc) is 2.70.